The summed E-state index contributed by atoms with van der Waals surface area (Å²) in [7, 11) is 0. The molecule has 1 heterocycles. The zero-order valence-electron chi connectivity index (χ0n) is 10.9. The van der Waals surface area contributed by atoms with Crippen molar-refractivity contribution in [2.45, 2.75) is 27.2 Å². The molecule has 0 saturated heterocycles. The molecule has 6 nitrogen and oxygen atoms in total. The van der Waals surface area contributed by atoms with E-state index in [4.69, 9.17) is 4.74 Å². The van der Waals surface area contributed by atoms with Crippen molar-refractivity contribution in [2.75, 3.05) is 18.5 Å². The Morgan fingerprint density at radius 2 is 2.11 bits per heavy atom. The standard InChI is InChI=1S/C12H19N3O3/c1-4-6-13-12(17)15-9-7-14-8(3)10(9)11(16)18-5-2/h7,14H,4-6H2,1-3H3,(H2,13,15,17). The molecule has 6 heteroatoms. The lowest BCUT2D eigenvalue weighted by Crippen LogP contribution is -2.29. The third-order valence-corrected chi connectivity index (χ3v) is 2.34. The van der Waals surface area contributed by atoms with E-state index >= 15 is 0 Å². The Morgan fingerprint density at radius 3 is 2.72 bits per heavy atom. The van der Waals surface area contributed by atoms with Crippen molar-refractivity contribution in [2.24, 2.45) is 0 Å². The van der Waals surface area contributed by atoms with E-state index in [1.807, 2.05) is 6.92 Å². The van der Waals surface area contributed by atoms with Gasteiger partial charge in [0, 0.05) is 18.4 Å². The number of hydrogen-bond acceptors (Lipinski definition) is 3. The van der Waals surface area contributed by atoms with Crippen LogP contribution in [0.15, 0.2) is 6.20 Å². The maximum atomic E-state index is 11.7. The molecular formula is C12H19N3O3. The zero-order valence-corrected chi connectivity index (χ0v) is 10.9. The summed E-state index contributed by atoms with van der Waals surface area (Å²) in [5.41, 5.74) is 1.46. The number of nitrogens with one attached hydrogen (secondary N) is 3. The van der Waals surface area contributed by atoms with Crippen LogP contribution in [0, 0.1) is 6.92 Å². The molecule has 100 valence electrons. The van der Waals surface area contributed by atoms with Crippen LogP contribution in [0.2, 0.25) is 0 Å². The van der Waals surface area contributed by atoms with Crippen LogP contribution in [0.25, 0.3) is 0 Å². The molecule has 0 aliphatic rings. The van der Waals surface area contributed by atoms with Gasteiger partial charge in [0.05, 0.1) is 12.3 Å². The fraction of sp³-hybridized carbons (Fsp3) is 0.500. The fourth-order valence-corrected chi connectivity index (χ4v) is 1.50. The van der Waals surface area contributed by atoms with E-state index in [-0.39, 0.29) is 6.03 Å². The molecule has 3 N–H and O–H groups in total. The van der Waals surface area contributed by atoms with E-state index in [0.29, 0.717) is 30.1 Å². The smallest absolute Gasteiger partial charge is 0.342 e. The van der Waals surface area contributed by atoms with Crippen LogP contribution in [0.1, 0.15) is 36.3 Å². The Bertz CT molecular complexity index is 426. The molecule has 0 atom stereocenters. The number of carbonyl (C=O) groups excluding carboxylic acids is 2. The van der Waals surface area contributed by atoms with E-state index < -0.39 is 5.97 Å². The van der Waals surface area contributed by atoms with E-state index in [1.54, 1.807) is 20.0 Å². The lowest BCUT2D eigenvalue weighted by molar-refractivity contribution is 0.0527. The van der Waals surface area contributed by atoms with Crippen LogP contribution in [0.4, 0.5) is 10.5 Å². The van der Waals surface area contributed by atoms with E-state index in [9.17, 15) is 9.59 Å². The van der Waals surface area contributed by atoms with Crippen molar-refractivity contribution in [1.29, 1.82) is 0 Å². The van der Waals surface area contributed by atoms with Gasteiger partial charge in [-0.05, 0) is 20.3 Å². The normalized spacial score (nSPS) is 9.94. The van der Waals surface area contributed by atoms with Gasteiger partial charge in [0.1, 0.15) is 5.56 Å². The second-order valence-electron chi connectivity index (χ2n) is 3.80. The van der Waals surface area contributed by atoms with E-state index in [2.05, 4.69) is 15.6 Å². The van der Waals surface area contributed by atoms with Crippen LogP contribution in [-0.2, 0) is 4.74 Å². The van der Waals surface area contributed by atoms with Gasteiger partial charge in [-0.25, -0.2) is 9.59 Å². The number of carbonyl (C=O) groups is 2. The maximum absolute atomic E-state index is 11.7. The van der Waals surface area contributed by atoms with Crippen molar-refractivity contribution >= 4 is 17.7 Å². The minimum absolute atomic E-state index is 0.297. The highest BCUT2D eigenvalue weighted by atomic mass is 16.5. The maximum Gasteiger partial charge on any atom is 0.342 e. The molecule has 0 unspecified atom stereocenters. The van der Waals surface area contributed by atoms with Crippen molar-refractivity contribution in [1.82, 2.24) is 10.3 Å². The van der Waals surface area contributed by atoms with Crippen LogP contribution >= 0.6 is 0 Å². The lowest BCUT2D eigenvalue weighted by atomic mass is 10.2. The summed E-state index contributed by atoms with van der Waals surface area (Å²) >= 11 is 0. The summed E-state index contributed by atoms with van der Waals surface area (Å²) in [5, 5.41) is 5.30. The van der Waals surface area contributed by atoms with Crippen LogP contribution in [-0.4, -0.2) is 30.1 Å². The number of aromatic amines is 1. The van der Waals surface area contributed by atoms with Gasteiger partial charge < -0.3 is 20.4 Å². The minimum Gasteiger partial charge on any atom is -0.462 e. The summed E-state index contributed by atoms with van der Waals surface area (Å²) in [6, 6.07) is -0.332. The zero-order chi connectivity index (χ0) is 13.5. The second-order valence-corrected chi connectivity index (χ2v) is 3.80. The number of aryl methyl sites for hydroxylation is 1. The van der Waals surface area contributed by atoms with Gasteiger partial charge in [0.2, 0.25) is 0 Å². The highest BCUT2D eigenvalue weighted by Crippen LogP contribution is 2.20. The molecule has 1 aromatic heterocycles. The van der Waals surface area contributed by atoms with Gasteiger partial charge in [0.25, 0.3) is 0 Å². The third-order valence-electron chi connectivity index (χ3n) is 2.34. The van der Waals surface area contributed by atoms with Gasteiger partial charge >= 0.3 is 12.0 Å². The summed E-state index contributed by atoms with van der Waals surface area (Å²) in [6.45, 7) is 6.34. The SMILES string of the molecule is CCCNC(=O)Nc1c[nH]c(C)c1C(=O)OCC. The first-order valence-corrected chi connectivity index (χ1v) is 6.00. The summed E-state index contributed by atoms with van der Waals surface area (Å²) in [5.74, 6) is -0.443. The topological polar surface area (TPSA) is 83.2 Å². The predicted octanol–water partition coefficient (Wildman–Crippen LogP) is 2.03. The Kier molecular flexibility index (Phi) is 5.23. The Balaban J connectivity index is 2.77. The average Bonchev–Trinajstić information content (AvgIpc) is 2.68. The summed E-state index contributed by atoms with van der Waals surface area (Å²) < 4.78 is 4.94. The van der Waals surface area contributed by atoms with Crippen molar-refractivity contribution < 1.29 is 14.3 Å². The number of urea groups is 1. The van der Waals surface area contributed by atoms with Gasteiger partial charge in [-0.2, -0.15) is 0 Å². The fourth-order valence-electron chi connectivity index (χ4n) is 1.50. The Labute approximate surface area is 106 Å². The average molecular weight is 253 g/mol. The van der Waals surface area contributed by atoms with Crippen LogP contribution in [0.5, 0.6) is 0 Å². The van der Waals surface area contributed by atoms with Crippen LogP contribution < -0.4 is 10.6 Å². The molecular weight excluding hydrogens is 234 g/mol. The molecule has 0 aliphatic carbocycles. The van der Waals surface area contributed by atoms with Gasteiger partial charge in [-0.15, -0.1) is 0 Å². The molecule has 0 aliphatic heterocycles. The lowest BCUT2D eigenvalue weighted by Gasteiger charge is -2.07. The minimum atomic E-state index is -0.443. The molecule has 1 rings (SSSR count). The molecule has 0 bridgehead atoms. The number of amides is 2. The molecule has 1 aromatic rings. The molecule has 0 radical (unpaired) electrons. The number of hydrogen-bond donors (Lipinski definition) is 3. The molecule has 18 heavy (non-hydrogen) atoms. The largest absolute Gasteiger partial charge is 0.462 e. The number of anilines is 1. The number of ether oxygens (including phenoxy) is 1. The number of H-pyrrole nitrogens is 1. The molecule has 0 spiro atoms. The number of aromatic nitrogens is 1. The van der Waals surface area contributed by atoms with Crippen LogP contribution in [0.3, 0.4) is 0 Å². The number of rotatable bonds is 5. The Hall–Kier alpha value is -1.98. The second kappa shape index (κ2) is 6.68. The van der Waals surface area contributed by atoms with E-state index in [1.165, 1.54) is 0 Å². The Morgan fingerprint density at radius 1 is 1.39 bits per heavy atom. The predicted molar refractivity (Wildman–Crippen MR) is 68.8 cm³/mol. The highest BCUT2D eigenvalue weighted by Gasteiger charge is 2.18. The van der Waals surface area contributed by atoms with Crippen molar-refractivity contribution in [3.05, 3.63) is 17.5 Å². The molecule has 0 fully saturated rings. The van der Waals surface area contributed by atoms with Gasteiger partial charge in [-0.3, -0.25) is 0 Å². The third kappa shape index (κ3) is 3.51. The summed E-state index contributed by atoms with van der Waals surface area (Å²) in [4.78, 5) is 26.1. The number of esters is 1. The molecule has 2 amide bonds. The molecule has 0 aromatic carbocycles. The van der Waals surface area contributed by atoms with Gasteiger partial charge in [0.15, 0.2) is 0 Å². The monoisotopic (exact) mass is 253 g/mol. The quantitative estimate of drug-likeness (QED) is 0.702. The van der Waals surface area contributed by atoms with Crippen molar-refractivity contribution in [3.8, 4) is 0 Å². The van der Waals surface area contributed by atoms with E-state index in [0.717, 1.165) is 6.42 Å². The van der Waals surface area contributed by atoms with Gasteiger partial charge in [-0.1, -0.05) is 6.92 Å². The first-order chi connectivity index (χ1) is 8.60. The first-order valence-electron chi connectivity index (χ1n) is 6.00. The summed E-state index contributed by atoms with van der Waals surface area (Å²) in [6.07, 6.45) is 2.43. The highest BCUT2D eigenvalue weighted by molar-refractivity contribution is 6.01. The first kappa shape index (κ1) is 14.1. The van der Waals surface area contributed by atoms with Crippen molar-refractivity contribution in [3.63, 3.8) is 0 Å². The molecule has 0 saturated carbocycles.